The standard InChI is InChI=1S/C37H22N4/c1-2-9-24(10-3-1)40-33-20-28-26-16-17-38-21-34(26)41-32-13-7-6-12-31(32)39-37(41)30(28)19-29(33)27-15-14-23-18-22-8-4-5-11-25(22)35(23)36(27)40/h1-17,19-21H,18H2. The van der Waals surface area contributed by atoms with Crippen molar-refractivity contribution in [1.29, 1.82) is 0 Å². The molecule has 4 heteroatoms. The number of hydrogen-bond acceptors (Lipinski definition) is 2. The summed E-state index contributed by atoms with van der Waals surface area (Å²) in [5.74, 6) is 0. The van der Waals surface area contributed by atoms with Gasteiger partial charge in [0.15, 0.2) is 0 Å². The number of para-hydroxylation sites is 3. The molecule has 4 nitrogen and oxygen atoms in total. The molecule has 0 N–H and O–H groups in total. The zero-order valence-electron chi connectivity index (χ0n) is 22.0. The van der Waals surface area contributed by atoms with E-state index in [0.717, 1.165) is 34.0 Å². The van der Waals surface area contributed by atoms with Gasteiger partial charge < -0.3 is 4.57 Å². The topological polar surface area (TPSA) is 35.1 Å². The molecule has 4 heterocycles. The summed E-state index contributed by atoms with van der Waals surface area (Å²) in [6, 6.07) is 39.6. The van der Waals surface area contributed by atoms with Crippen molar-refractivity contribution in [3.8, 4) is 16.8 Å². The maximum atomic E-state index is 5.16. The van der Waals surface area contributed by atoms with Crippen LogP contribution in [0.2, 0.25) is 0 Å². The summed E-state index contributed by atoms with van der Waals surface area (Å²) in [4.78, 5) is 9.69. The van der Waals surface area contributed by atoms with E-state index in [1.807, 2.05) is 12.4 Å². The molecule has 0 saturated heterocycles. The van der Waals surface area contributed by atoms with Crippen molar-refractivity contribution < 1.29 is 0 Å². The first-order valence-corrected chi connectivity index (χ1v) is 14.1. The van der Waals surface area contributed by atoms with Gasteiger partial charge >= 0.3 is 0 Å². The van der Waals surface area contributed by atoms with Gasteiger partial charge in [-0.2, -0.15) is 0 Å². The van der Waals surface area contributed by atoms with Crippen molar-refractivity contribution in [2.24, 2.45) is 0 Å². The van der Waals surface area contributed by atoms with E-state index in [1.165, 1.54) is 60.5 Å². The van der Waals surface area contributed by atoms with E-state index in [-0.39, 0.29) is 0 Å². The second-order valence-corrected chi connectivity index (χ2v) is 11.1. The fourth-order valence-electron chi connectivity index (χ4n) is 7.26. The Morgan fingerprint density at radius 1 is 0.585 bits per heavy atom. The van der Waals surface area contributed by atoms with Crippen LogP contribution in [0, 0.1) is 0 Å². The Hall–Kier alpha value is -5.48. The molecular formula is C37H22N4. The molecule has 0 amide bonds. The molecule has 10 rings (SSSR count). The lowest BCUT2D eigenvalue weighted by Gasteiger charge is -2.12. The van der Waals surface area contributed by atoms with E-state index in [0.29, 0.717) is 0 Å². The summed E-state index contributed by atoms with van der Waals surface area (Å²) in [7, 11) is 0. The molecule has 0 bridgehead atoms. The van der Waals surface area contributed by atoms with Crippen LogP contribution in [0.1, 0.15) is 11.1 Å². The third-order valence-corrected chi connectivity index (χ3v) is 8.97. The molecule has 4 aromatic heterocycles. The molecule has 0 atom stereocenters. The number of rotatable bonds is 1. The maximum Gasteiger partial charge on any atom is 0.146 e. The van der Waals surface area contributed by atoms with E-state index < -0.39 is 0 Å². The van der Waals surface area contributed by atoms with Crippen molar-refractivity contribution in [3.63, 3.8) is 0 Å². The summed E-state index contributed by atoms with van der Waals surface area (Å²) in [6.45, 7) is 0. The van der Waals surface area contributed by atoms with E-state index in [4.69, 9.17) is 4.98 Å². The van der Waals surface area contributed by atoms with Crippen molar-refractivity contribution >= 4 is 60.2 Å². The first-order valence-electron chi connectivity index (χ1n) is 14.1. The van der Waals surface area contributed by atoms with Gasteiger partial charge in [-0.1, -0.05) is 66.7 Å². The third-order valence-electron chi connectivity index (χ3n) is 8.97. The van der Waals surface area contributed by atoms with Crippen LogP contribution in [0.4, 0.5) is 0 Å². The van der Waals surface area contributed by atoms with Crippen molar-refractivity contribution in [2.75, 3.05) is 0 Å². The highest BCUT2D eigenvalue weighted by atomic mass is 15.0. The second-order valence-electron chi connectivity index (χ2n) is 11.1. The smallest absolute Gasteiger partial charge is 0.146 e. The monoisotopic (exact) mass is 522 g/mol. The normalized spacial score (nSPS) is 12.8. The molecule has 0 aliphatic heterocycles. The molecule has 41 heavy (non-hydrogen) atoms. The average molecular weight is 523 g/mol. The fourth-order valence-corrected chi connectivity index (χ4v) is 7.26. The Morgan fingerprint density at radius 3 is 2.39 bits per heavy atom. The Kier molecular flexibility index (Phi) is 3.95. The SMILES string of the molecule is c1ccc(-n2c3cc4c5ccncc5n5c6ccccc6nc5c4cc3c3ccc4c(c32)-c2ccccc2C4)cc1. The van der Waals surface area contributed by atoms with Crippen LogP contribution in [0.15, 0.2) is 122 Å². The largest absolute Gasteiger partial charge is 0.309 e. The molecule has 190 valence electrons. The number of pyridine rings is 2. The third kappa shape index (κ3) is 2.69. The zero-order valence-corrected chi connectivity index (χ0v) is 22.0. The highest BCUT2D eigenvalue weighted by Crippen LogP contribution is 2.46. The molecule has 0 saturated carbocycles. The Balaban J connectivity index is 1.47. The number of hydrogen-bond donors (Lipinski definition) is 0. The van der Waals surface area contributed by atoms with Gasteiger partial charge in [0, 0.05) is 39.0 Å². The van der Waals surface area contributed by atoms with Crippen LogP contribution >= 0.6 is 0 Å². The summed E-state index contributed by atoms with van der Waals surface area (Å²) >= 11 is 0. The number of aromatic nitrogens is 4. The first kappa shape index (κ1) is 21.4. The van der Waals surface area contributed by atoms with Crippen LogP contribution < -0.4 is 0 Å². The maximum absolute atomic E-state index is 5.16. The Morgan fingerprint density at radius 2 is 1.44 bits per heavy atom. The van der Waals surface area contributed by atoms with Crippen LogP contribution in [0.25, 0.3) is 77.0 Å². The van der Waals surface area contributed by atoms with Crippen molar-refractivity contribution in [2.45, 2.75) is 6.42 Å². The summed E-state index contributed by atoms with van der Waals surface area (Å²) in [6.07, 6.45) is 4.84. The van der Waals surface area contributed by atoms with Crippen LogP contribution in [-0.4, -0.2) is 18.9 Å². The van der Waals surface area contributed by atoms with Gasteiger partial charge in [0.25, 0.3) is 0 Å². The minimum Gasteiger partial charge on any atom is -0.309 e. The lowest BCUT2D eigenvalue weighted by Crippen LogP contribution is -1.96. The number of imidazole rings is 1. The average Bonchev–Trinajstić information content (AvgIpc) is 3.70. The summed E-state index contributed by atoms with van der Waals surface area (Å²) in [5, 5.41) is 6.03. The van der Waals surface area contributed by atoms with Gasteiger partial charge in [-0.05, 0) is 71.0 Å². The van der Waals surface area contributed by atoms with Crippen molar-refractivity contribution in [3.05, 3.63) is 133 Å². The predicted octanol–water partition coefficient (Wildman–Crippen LogP) is 8.86. The molecule has 9 aromatic rings. The quantitative estimate of drug-likeness (QED) is 0.202. The minimum atomic E-state index is 0.968. The van der Waals surface area contributed by atoms with E-state index in [1.54, 1.807) is 0 Å². The van der Waals surface area contributed by atoms with Crippen molar-refractivity contribution in [1.82, 2.24) is 18.9 Å². The number of fused-ring (bicyclic) bond motifs is 15. The minimum absolute atomic E-state index is 0.968. The zero-order chi connectivity index (χ0) is 26.7. The molecular weight excluding hydrogens is 500 g/mol. The van der Waals surface area contributed by atoms with Crippen LogP contribution in [0.5, 0.6) is 0 Å². The van der Waals surface area contributed by atoms with Gasteiger partial charge in [0.1, 0.15) is 5.65 Å². The fraction of sp³-hybridized carbons (Fsp3) is 0.0270. The van der Waals surface area contributed by atoms with E-state index in [2.05, 4.69) is 123 Å². The van der Waals surface area contributed by atoms with Crippen LogP contribution in [-0.2, 0) is 6.42 Å². The molecule has 0 unspecified atom stereocenters. The van der Waals surface area contributed by atoms with Gasteiger partial charge in [-0.3, -0.25) is 9.38 Å². The molecule has 0 radical (unpaired) electrons. The summed E-state index contributed by atoms with van der Waals surface area (Å²) < 4.78 is 4.75. The van der Waals surface area contributed by atoms with E-state index >= 15 is 0 Å². The Labute approximate surface area is 234 Å². The summed E-state index contributed by atoms with van der Waals surface area (Å²) in [5.41, 5.74) is 13.3. The molecule has 0 fully saturated rings. The van der Waals surface area contributed by atoms with Crippen LogP contribution in [0.3, 0.4) is 0 Å². The second kappa shape index (κ2) is 7.58. The van der Waals surface area contributed by atoms with Gasteiger partial charge in [-0.15, -0.1) is 0 Å². The lowest BCUT2D eigenvalue weighted by molar-refractivity contribution is 1.18. The van der Waals surface area contributed by atoms with Gasteiger partial charge in [0.2, 0.25) is 0 Å². The predicted molar refractivity (Wildman–Crippen MR) is 168 cm³/mol. The molecule has 1 aliphatic rings. The lowest BCUT2D eigenvalue weighted by atomic mass is 10.0. The molecule has 5 aromatic carbocycles. The highest BCUT2D eigenvalue weighted by Gasteiger charge is 2.26. The first-order chi connectivity index (χ1) is 20.3. The number of benzene rings is 5. The van der Waals surface area contributed by atoms with Gasteiger partial charge in [-0.25, -0.2) is 4.98 Å². The highest BCUT2D eigenvalue weighted by molar-refractivity contribution is 6.23. The molecule has 0 spiro atoms. The van der Waals surface area contributed by atoms with E-state index in [9.17, 15) is 0 Å². The number of nitrogens with zero attached hydrogens (tertiary/aromatic N) is 4. The van der Waals surface area contributed by atoms with Gasteiger partial charge in [0.05, 0.1) is 33.8 Å². The Bertz CT molecular complexity index is 2550. The molecule has 1 aliphatic carbocycles.